The molecular weight excluding hydrogens is 487 g/mol. The fourth-order valence-electron chi connectivity index (χ4n) is 5.09. The first-order chi connectivity index (χ1) is 17.5. The second-order valence-electron chi connectivity index (χ2n) is 9.47. The molecule has 1 aromatic carbocycles. The van der Waals surface area contributed by atoms with Crippen molar-refractivity contribution in [2.75, 3.05) is 31.2 Å². The van der Waals surface area contributed by atoms with Gasteiger partial charge in [-0.1, -0.05) is 11.6 Å². The van der Waals surface area contributed by atoms with Crippen LogP contribution in [-0.4, -0.2) is 63.1 Å². The van der Waals surface area contributed by atoms with Gasteiger partial charge in [0, 0.05) is 24.0 Å². The Kier molecular flexibility index (Phi) is 6.00. The zero-order valence-electron chi connectivity index (χ0n) is 19.8. The Morgan fingerprint density at radius 3 is 2.61 bits per heavy atom. The third-order valence-corrected chi connectivity index (χ3v) is 7.42. The van der Waals surface area contributed by atoms with Gasteiger partial charge < -0.3 is 14.4 Å². The number of anilines is 1. The summed E-state index contributed by atoms with van der Waals surface area (Å²) in [7, 11) is 0. The van der Waals surface area contributed by atoms with E-state index in [2.05, 4.69) is 24.6 Å². The molecule has 1 unspecified atom stereocenters. The molecule has 6 rings (SSSR count). The normalized spacial score (nSPS) is 20.4. The smallest absolute Gasteiger partial charge is 0.411 e. The molecule has 0 bridgehead atoms. The van der Waals surface area contributed by atoms with E-state index >= 15 is 0 Å². The summed E-state index contributed by atoms with van der Waals surface area (Å²) in [6, 6.07) is 8.50. The van der Waals surface area contributed by atoms with Crippen LogP contribution in [0, 0.1) is 5.82 Å². The van der Waals surface area contributed by atoms with Gasteiger partial charge in [-0.05, 0) is 55.7 Å². The number of benzene rings is 1. The van der Waals surface area contributed by atoms with Gasteiger partial charge in [0.2, 0.25) is 0 Å². The maximum absolute atomic E-state index is 13.3. The van der Waals surface area contributed by atoms with Gasteiger partial charge in [-0.2, -0.15) is 0 Å². The predicted octanol–water partition coefficient (Wildman–Crippen LogP) is 4.25. The Morgan fingerprint density at radius 1 is 1.14 bits per heavy atom. The number of rotatable bonds is 3. The van der Waals surface area contributed by atoms with Crippen molar-refractivity contribution in [1.29, 1.82) is 0 Å². The second-order valence-corrected chi connectivity index (χ2v) is 9.90. The van der Waals surface area contributed by atoms with E-state index in [4.69, 9.17) is 21.1 Å². The number of carbonyl (C=O) groups excluding carboxylic acids is 1. The minimum absolute atomic E-state index is 0.171. The zero-order chi connectivity index (χ0) is 24.8. The summed E-state index contributed by atoms with van der Waals surface area (Å²) in [4.78, 5) is 21.2. The molecule has 0 N–H and O–H groups in total. The molecule has 1 atom stereocenters. The first-order valence-electron chi connectivity index (χ1n) is 12.1. The average Bonchev–Trinajstić information content (AvgIpc) is 3.25. The van der Waals surface area contributed by atoms with Gasteiger partial charge in [0.25, 0.3) is 0 Å². The molecule has 0 saturated carbocycles. The Hall–Kier alpha value is -3.24. The number of hydrogen-bond acceptors (Lipinski definition) is 7. The van der Waals surface area contributed by atoms with E-state index in [9.17, 15) is 9.18 Å². The van der Waals surface area contributed by atoms with E-state index in [1.165, 1.54) is 12.3 Å². The fraction of sp³-hybridized carbons (Fsp3) is 0.440. The summed E-state index contributed by atoms with van der Waals surface area (Å²) in [5.41, 5.74) is 1.83. The molecule has 9 nitrogen and oxygen atoms in total. The lowest BCUT2D eigenvalue weighted by Gasteiger charge is -2.32. The Balaban J connectivity index is 1.30. The molecule has 5 heterocycles. The van der Waals surface area contributed by atoms with Gasteiger partial charge in [0.15, 0.2) is 11.9 Å². The van der Waals surface area contributed by atoms with Crippen LogP contribution in [0.2, 0.25) is 5.02 Å². The monoisotopic (exact) mass is 512 g/mol. The lowest BCUT2D eigenvalue weighted by molar-refractivity contribution is -0.106. The summed E-state index contributed by atoms with van der Waals surface area (Å²) >= 11 is 6.36. The van der Waals surface area contributed by atoms with Gasteiger partial charge >= 0.3 is 6.09 Å². The molecule has 1 amide bonds. The van der Waals surface area contributed by atoms with E-state index in [-0.39, 0.29) is 23.9 Å². The molecule has 3 aliphatic rings. The number of carbonyl (C=O) groups is 1. The summed E-state index contributed by atoms with van der Waals surface area (Å²) < 4.78 is 26.2. The van der Waals surface area contributed by atoms with Crippen molar-refractivity contribution in [2.24, 2.45) is 0 Å². The minimum atomic E-state index is -0.403. The maximum atomic E-state index is 13.3. The van der Waals surface area contributed by atoms with Crippen molar-refractivity contribution >= 4 is 23.5 Å². The lowest BCUT2D eigenvalue weighted by atomic mass is 9.95. The van der Waals surface area contributed by atoms with Crippen molar-refractivity contribution in [3.63, 3.8) is 0 Å². The molecule has 2 aromatic heterocycles. The molecule has 3 aromatic rings. The first-order valence-corrected chi connectivity index (χ1v) is 12.5. The molecule has 3 aliphatic heterocycles. The molecule has 0 spiro atoms. The molecule has 0 aliphatic carbocycles. The van der Waals surface area contributed by atoms with Crippen molar-refractivity contribution in [1.82, 2.24) is 24.6 Å². The topological polar surface area (TPSA) is 85.6 Å². The van der Waals surface area contributed by atoms with E-state index in [1.807, 2.05) is 25.1 Å². The largest absolute Gasteiger partial charge is 0.441 e. The van der Waals surface area contributed by atoms with Crippen LogP contribution >= 0.6 is 11.6 Å². The molecule has 11 heteroatoms. The highest BCUT2D eigenvalue weighted by Crippen LogP contribution is 2.37. The number of aromatic nitrogens is 4. The standard InChI is InChI=1S/C25H26ClFN6O3/c1-15-23-29-30-24(16-6-8-31(9-7-16)22-5-3-19(27)11-28-22)33(23)21-4-2-18(26)10-17(21)12-32(15)25(34)36-20-13-35-14-20/h2-5,10-11,15-16,20H,6-9,12-14H2,1H3. The molecule has 36 heavy (non-hydrogen) atoms. The molecule has 2 fully saturated rings. The zero-order valence-corrected chi connectivity index (χ0v) is 20.6. The molecule has 188 valence electrons. The first kappa shape index (κ1) is 23.2. The number of pyridine rings is 1. The van der Waals surface area contributed by atoms with Crippen LogP contribution < -0.4 is 4.90 Å². The highest BCUT2D eigenvalue weighted by atomic mass is 35.5. The van der Waals surface area contributed by atoms with Gasteiger partial charge in [-0.15, -0.1) is 10.2 Å². The highest BCUT2D eigenvalue weighted by molar-refractivity contribution is 6.30. The minimum Gasteiger partial charge on any atom is -0.441 e. The predicted molar refractivity (Wildman–Crippen MR) is 130 cm³/mol. The fourth-order valence-corrected chi connectivity index (χ4v) is 5.28. The van der Waals surface area contributed by atoms with Gasteiger partial charge in [-0.3, -0.25) is 9.47 Å². The highest BCUT2D eigenvalue weighted by Gasteiger charge is 2.37. The number of ether oxygens (including phenoxy) is 2. The summed E-state index contributed by atoms with van der Waals surface area (Å²) in [6.45, 7) is 4.68. The third-order valence-electron chi connectivity index (χ3n) is 7.18. The Bertz CT molecular complexity index is 1270. The number of amides is 1. The Morgan fingerprint density at radius 2 is 1.92 bits per heavy atom. The number of hydrogen-bond donors (Lipinski definition) is 0. The van der Waals surface area contributed by atoms with Crippen LogP contribution in [0.25, 0.3) is 5.69 Å². The number of nitrogens with zero attached hydrogens (tertiary/aromatic N) is 6. The molecule has 2 saturated heterocycles. The van der Waals surface area contributed by atoms with Crippen LogP contribution in [0.1, 0.15) is 48.9 Å². The lowest BCUT2D eigenvalue weighted by Crippen LogP contribution is -2.43. The van der Waals surface area contributed by atoms with E-state index < -0.39 is 6.09 Å². The van der Waals surface area contributed by atoms with E-state index in [0.717, 1.165) is 48.8 Å². The average molecular weight is 513 g/mol. The summed E-state index contributed by atoms with van der Waals surface area (Å²) in [6.07, 6.45) is 2.32. The summed E-state index contributed by atoms with van der Waals surface area (Å²) in [5.74, 6) is 2.16. The summed E-state index contributed by atoms with van der Waals surface area (Å²) in [5, 5.41) is 9.79. The van der Waals surface area contributed by atoms with Gasteiger partial charge in [0.1, 0.15) is 17.5 Å². The molecular formula is C25H26ClFN6O3. The van der Waals surface area contributed by atoms with Crippen molar-refractivity contribution in [3.8, 4) is 5.69 Å². The van der Waals surface area contributed by atoms with Crippen LogP contribution in [0.5, 0.6) is 0 Å². The van der Waals surface area contributed by atoms with Gasteiger partial charge in [-0.25, -0.2) is 14.2 Å². The van der Waals surface area contributed by atoms with Crippen molar-refractivity contribution in [2.45, 2.75) is 44.4 Å². The van der Waals surface area contributed by atoms with Crippen LogP contribution in [0.4, 0.5) is 15.0 Å². The van der Waals surface area contributed by atoms with Crippen LogP contribution in [-0.2, 0) is 16.0 Å². The molecule has 0 radical (unpaired) electrons. The third kappa shape index (κ3) is 4.18. The maximum Gasteiger partial charge on any atom is 0.411 e. The Labute approximate surface area is 212 Å². The van der Waals surface area contributed by atoms with Crippen LogP contribution in [0.15, 0.2) is 36.5 Å². The van der Waals surface area contributed by atoms with E-state index in [1.54, 1.807) is 11.0 Å². The quantitative estimate of drug-likeness (QED) is 0.518. The van der Waals surface area contributed by atoms with E-state index in [0.29, 0.717) is 30.6 Å². The van der Waals surface area contributed by atoms with Gasteiger partial charge in [0.05, 0.1) is 37.7 Å². The SMILES string of the molecule is CC1c2nnc(C3CCN(c4ccc(F)cn4)CC3)n2-c2ccc(Cl)cc2CN1C(=O)OC1COC1. The van der Waals surface area contributed by atoms with Crippen LogP contribution in [0.3, 0.4) is 0 Å². The number of halogens is 2. The second kappa shape index (κ2) is 9.33. The van der Waals surface area contributed by atoms with Crippen molar-refractivity contribution < 1.29 is 18.7 Å². The number of piperidine rings is 1. The van der Waals surface area contributed by atoms with Crippen molar-refractivity contribution in [3.05, 3.63) is 64.6 Å². The number of fused-ring (bicyclic) bond motifs is 3.